The van der Waals surface area contributed by atoms with E-state index in [0.717, 1.165) is 4.31 Å². The minimum Gasteiger partial charge on any atom is -0.507 e. The van der Waals surface area contributed by atoms with Crippen molar-refractivity contribution in [3.8, 4) is 5.75 Å². The smallest absolute Gasteiger partial charge is 0.295 e. The van der Waals surface area contributed by atoms with Gasteiger partial charge in [0.05, 0.1) is 30.2 Å². The summed E-state index contributed by atoms with van der Waals surface area (Å²) in [7, 11) is 2.19. The van der Waals surface area contributed by atoms with Gasteiger partial charge in [0, 0.05) is 33.3 Å². The molecule has 10 heteroatoms. The molecule has 0 saturated carbocycles. The summed E-state index contributed by atoms with van der Waals surface area (Å²) in [6.07, 6.45) is 0. The first-order valence-electron chi connectivity index (χ1n) is 10.1. The molecule has 1 amide bonds. The maximum Gasteiger partial charge on any atom is 0.295 e. The van der Waals surface area contributed by atoms with E-state index >= 15 is 0 Å². The topological polar surface area (TPSA) is 113 Å². The van der Waals surface area contributed by atoms with Crippen LogP contribution in [0.15, 0.2) is 59.0 Å². The Balaban J connectivity index is 2.11. The fraction of sp³-hybridized carbons (Fsp3) is 0.304. The van der Waals surface area contributed by atoms with E-state index < -0.39 is 27.8 Å². The molecule has 33 heavy (non-hydrogen) atoms. The highest BCUT2D eigenvalue weighted by Gasteiger charge is 2.45. The number of Topliss-reactive ketones (excluding diaryl/α,β-unsaturated/α-hetero) is 1. The molecule has 1 N–H and O–H groups in total. The number of carbonyl (C=O) groups excluding carboxylic acids is 2. The summed E-state index contributed by atoms with van der Waals surface area (Å²) >= 11 is 0. The van der Waals surface area contributed by atoms with Gasteiger partial charge >= 0.3 is 0 Å². The average Bonchev–Trinajstić information content (AvgIpc) is 3.07. The highest BCUT2D eigenvalue weighted by molar-refractivity contribution is 7.89. The van der Waals surface area contributed by atoms with Crippen molar-refractivity contribution >= 4 is 27.5 Å². The summed E-state index contributed by atoms with van der Waals surface area (Å²) in [4.78, 5) is 27.1. The molecule has 1 aliphatic rings. The number of hydrogen-bond donors (Lipinski definition) is 1. The highest BCUT2D eigenvalue weighted by atomic mass is 32.2. The number of benzene rings is 2. The zero-order valence-electron chi connectivity index (χ0n) is 18.8. The molecule has 0 bridgehead atoms. The van der Waals surface area contributed by atoms with Gasteiger partial charge in [-0.3, -0.25) is 9.59 Å². The standard InChI is InChI=1S/C23H26N2O7S/c1-24(2)33(29,30)18-11-7-16(8-12-18)21(26)19-20(15-5-9-17(32-4)10-6-15)25(13-14-31-3)23(28)22(19)27/h5-12,20,26H,13-14H2,1-4H3/b21-19-. The van der Waals surface area contributed by atoms with Crippen molar-refractivity contribution in [2.45, 2.75) is 10.9 Å². The van der Waals surface area contributed by atoms with Gasteiger partial charge in [-0.05, 0) is 42.0 Å². The monoisotopic (exact) mass is 474 g/mol. The van der Waals surface area contributed by atoms with E-state index in [1.807, 2.05) is 0 Å². The SMILES string of the molecule is COCCN1C(=O)C(=O)/C(=C(\O)c2ccc(S(=O)(=O)N(C)C)cc2)C1c1ccc(OC)cc1. The Labute approximate surface area is 192 Å². The van der Waals surface area contributed by atoms with Crippen molar-refractivity contribution in [2.75, 3.05) is 41.5 Å². The van der Waals surface area contributed by atoms with E-state index in [9.17, 15) is 23.1 Å². The zero-order chi connectivity index (χ0) is 24.3. The molecule has 1 fully saturated rings. The summed E-state index contributed by atoms with van der Waals surface area (Å²) in [5.41, 5.74) is 0.750. The molecular weight excluding hydrogens is 448 g/mol. The molecule has 0 spiro atoms. The van der Waals surface area contributed by atoms with Gasteiger partial charge in [-0.15, -0.1) is 0 Å². The Morgan fingerprint density at radius 2 is 1.64 bits per heavy atom. The lowest BCUT2D eigenvalue weighted by Gasteiger charge is -2.25. The van der Waals surface area contributed by atoms with Crippen LogP contribution in [-0.4, -0.2) is 75.9 Å². The van der Waals surface area contributed by atoms with Crippen LogP contribution < -0.4 is 4.74 Å². The van der Waals surface area contributed by atoms with Gasteiger partial charge in [0.1, 0.15) is 11.5 Å². The minimum atomic E-state index is -3.66. The van der Waals surface area contributed by atoms with E-state index in [1.54, 1.807) is 24.3 Å². The molecule has 2 aromatic carbocycles. The number of ether oxygens (including phenoxy) is 2. The van der Waals surface area contributed by atoms with Crippen molar-refractivity contribution in [1.29, 1.82) is 0 Å². The Morgan fingerprint density at radius 1 is 1.03 bits per heavy atom. The van der Waals surface area contributed by atoms with Gasteiger partial charge in [0.15, 0.2) is 0 Å². The number of carbonyl (C=O) groups is 2. The van der Waals surface area contributed by atoms with Gasteiger partial charge in [0.2, 0.25) is 10.0 Å². The third-order valence-electron chi connectivity index (χ3n) is 5.41. The normalized spacial score (nSPS) is 18.2. The molecule has 1 saturated heterocycles. The van der Waals surface area contributed by atoms with Crippen molar-refractivity contribution < 1.29 is 32.6 Å². The zero-order valence-corrected chi connectivity index (χ0v) is 19.6. The number of nitrogens with zero attached hydrogens (tertiary/aromatic N) is 2. The molecule has 176 valence electrons. The second-order valence-electron chi connectivity index (χ2n) is 7.57. The molecule has 0 aromatic heterocycles. The Kier molecular flexibility index (Phi) is 7.21. The highest BCUT2D eigenvalue weighted by Crippen LogP contribution is 2.39. The molecule has 9 nitrogen and oxygen atoms in total. The first-order valence-corrected chi connectivity index (χ1v) is 11.5. The van der Waals surface area contributed by atoms with Gasteiger partial charge < -0.3 is 19.5 Å². The first kappa shape index (κ1) is 24.4. The molecule has 1 heterocycles. The Bertz CT molecular complexity index is 1170. The van der Waals surface area contributed by atoms with Crippen molar-refractivity contribution in [2.24, 2.45) is 0 Å². The summed E-state index contributed by atoms with van der Waals surface area (Å²) in [5, 5.41) is 11.1. The van der Waals surface area contributed by atoms with Crippen LogP contribution in [0.4, 0.5) is 0 Å². The molecule has 3 rings (SSSR count). The number of hydrogen-bond acceptors (Lipinski definition) is 7. The third-order valence-corrected chi connectivity index (χ3v) is 7.24. The fourth-order valence-corrected chi connectivity index (χ4v) is 4.49. The second kappa shape index (κ2) is 9.74. The maximum atomic E-state index is 12.9. The summed E-state index contributed by atoms with van der Waals surface area (Å²) in [6, 6.07) is 11.5. The van der Waals surface area contributed by atoms with Crippen molar-refractivity contribution in [3.63, 3.8) is 0 Å². The number of sulfonamides is 1. The van der Waals surface area contributed by atoms with Crippen LogP contribution in [0.2, 0.25) is 0 Å². The van der Waals surface area contributed by atoms with E-state index in [0.29, 0.717) is 11.3 Å². The molecule has 0 radical (unpaired) electrons. The largest absolute Gasteiger partial charge is 0.507 e. The predicted molar refractivity (Wildman–Crippen MR) is 121 cm³/mol. The van der Waals surface area contributed by atoms with Gasteiger partial charge in [0.25, 0.3) is 11.7 Å². The van der Waals surface area contributed by atoms with Gasteiger partial charge in [-0.2, -0.15) is 0 Å². The van der Waals surface area contributed by atoms with Crippen LogP contribution in [-0.2, 0) is 24.3 Å². The minimum absolute atomic E-state index is 0.0382. The van der Waals surface area contributed by atoms with E-state index in [1.165, 1.54) is 57.5 Å². The average molecular weight is 475 g/mol. The first-order chi connectivity index (χ1) is 15.6. The van der Waals surface area contributed by atoms with Crippen LogP contribution >= 0.6 is 0 Å². The van der Waals surface area contributed by atoms with Crippen LogP contribution in [0, 0.1) is 0 Å². The van der Waals surface area contributed by atoms with Crippen LogP contribution in [0.1, 0.15) is 17.2 Å². The summed E-state index contributed by atoms with van der Waals surface area (Å²) in [5.74, 6) is -1.36. The summed E-state index contributed by atoms with van der Waals surface area (Å²) < 4.78 is 36.0. The number of likely N-dealkylation sites (tertiary alicyclic amines) is 1. The lowest BCUT2D eigenvalue weighted by molar-refractivity contribution is -0.140. The number of aliphatic hydroxyl groups excluding tert-OH is 1. The number of methoxy groups -OCH3 is 2. The quantitative estimate of drug-likeness (QED) is 0.354. The molecule has 1 aliphatic heterocycles. The molecule has 1 unspecified atom stereocenters. The third kappa shape index (κ3) is 4.63. The lowest BCUT2D eigenvalue weighted by Crippen LogP contribution is -2.32. The molecular formula is C23H26N2O7S. The van der Waals surface area contributed by atoms with E-state index in [4.69, 9.17) is 9.47 Å². The molecule has 2 aromatic rings. The number of amides is 1. The number of rotatable bonds is 8. The number of ketones is 1. The molecule has 0 aliphatic carbocycles. The van der Waals surface area contributed by atoms with Crippen molar-refractivity contribution in [3.05, 3.63) is 65.2 Å². The van der Waals surface area contributed by atoms with Crippen LogP contribution in [0.5, 0.6) is 5.75 Å². The van der Waals surface area contributed by atoms with Crippen molar-refractivity contribution in [1.82, 2.24) is 9.21 Å². The maximum absolute atomic E-state index is 12.9. The predicted octanol–water partition coefficient (Wildman–Crippen LogP) is 2.01. The van der Waals surface area contributed by atoms with Crippen LogP contribution in [0.3, 0.4) is 0 Å². The second-order valence-corrected chi connectivity index (χ2v) is 9.72. The van der Waals surface area contributed by atoms with Gasteiger partial charge in [-0.25, -0.2) is 12.7 Å². The fourth-order valence-electron chi connectivity index (χ4n) is 3.58. The number of aliphatic hydroxyl groups is 1. The van der Waals surface area contributed by atoms with E-state index in [2.05, 4.69) is 0 Å². The van der Waals surface area contributed by atoms with Crippen LogP contribution in [0.25, 0.3) is 5.76 Å². The van der Waals surface area contributed by atoms with Gasteiger partial charge in [-0.1, -0.05) is 12.1 Å². The Morgan fingerprint density at radius 3 is 2.15 bits per heavy atom. The lowest BCUT2D eigenvalue weighted by atomic mass is 9.95. The Hall–Kier alpha value is -3.21. The molecule has 1 atom stereocenters. The summed E-state index contributed by atoms with van der Waals surface area (Å²) in [6.45, 7) is 0.353. The van der Waals surface area contributed by atoms with E-state index in [-0.39, 0.29) is 34.9 Å².